The molecule has 0 bridgehead atoms. The fraction of sp³-hybridized carbons (Fsp3) is 0.619. The molecule has 1 rings (SSSR count). The van der Waals surface area contributed by atoms with Crippen LogP contribution in [0.5, 0.6) is 0 Å². The summed E-state index contributed by atoms with van der Waals surface area (Å²) in [5.41, 5.74) is 1.33. The fourth-order valence-corrected chi connectivity index (χ4v) is 2.92. The van der Waals surface area contributed by atoms with Gasteiger partial charge in [-0.25, -0.2) is 0 Å². The predicted molar refractivity (Wildman–Crippen MR) is 114 cm³/mol. The molecular formula is C21H37N5O. The van der Waals surface area contributed by atoms with Crippen molar-refractivity contribution in [1.82, 2.24) is 20.0 Å². The fourth-order valence-electron chi connectivity index (χ4n) is 2.92. The molecule has 6 nitrogen and oxygen atoms in total. The van der Waals surface area contributed by atoms with Gasteiger partial charge in [0.15, 0.2) is 5.96 Å². The van der Waals surface area contributed by atoms with Crippen LogP contribution in [0, 0.1) is 0 Å². The van der Waals surface area contributed by atoms with Gasteiger partial charge in [-0.15, -0.1) is 0 Å². The Morgan fingerprint density at radius 2 is 1.74 bits per heavy atom. The predicted octanol–water partition coefficient (Wildman–Crippen LogP) is 2.27. The van der Waals surface area contributed by atoms with Gasteiger partial charge in [0.1, 0.15) is 0 Å². The topological polar surface area (TPSA) is 51.2 Å². The molecule has 6 heteroatoms. The van der Waals surface area contributed by atoms with E-state index in [4.69, 9.17) is 4.99 Å². The minimum absolute atomic E-state index is 0.135. The molecule has 27 heavy (non-hydrogen) atoms. The lowest BCUT2D eigenvalue weighted by atomic mass is 10.2. The molecule has 1 N–H and O–H groups in total. The van der Waals surface area contributed by atoms with Gasteiger partial charge in [-0.1, -0.05) is 30.3 Å². The lowest BCUT2D eigenvalue weighted by Crippen LogP contribution is -2.45. The lowest BCUT2D eigenvalue weighted by molar-refractivity contribution is -0.131. The van der Waals surface area contributed by atoms with Gasteiger partial charge in [-0.05, 0) is 46.3 Å². The highest BCUT2D eigenvalue weighted by atomic mass is 16.2. The molecule has 0 heterocycles. The van der Waals surface area contributed by atoms with Crippen LogP contribution in [0.25, 0.3) is 0 Å². The zero-order valence-electron chi connectivity index (χ0n) is 17.7. The normalized spacial score (nSPS) is 11.6. The maximum atomic E-state index is 12.3. The Kier molecular flexibility index (Phi) is 11.2. The quantitative estimate of drug-likeness (QED) is 0.366. The zero-order chi connectivity index (χ0) is 20.1. The number of carbonyl (C=O) groups excluding carboxylic acids is 1. The van der Waals surface area contributed by atoms with Crippen molar-refractivity contribution in [1.29, 1.82) is 0 Å². The van der Waals surface area contributed by atoms with Gasteiger partial charge in [-0.2, -0.15) is 0 Å². The number of amides is 1. The highest BCUT2D eigenvalue weighted by molar-refractivity contribution is 5.86. The molecule has 0 radical (unpaired) electrons. The Hall–Kier alpha value is -2.08. The molecule has 0 aromatic heterocycles. The first-order valence-corrected chi connectivity index (χ1v) is 10.0. The van der Waals surface area contributed by atoms with Gasteiger partial charge in [0, 0.05) is 39.8 Å². The molecule has 0 aliphatic carbocycles. The van der Waals surface area contributed by atoms with Gasteiger partial charge in [0.05, 0.1) is 6.54 Å². The molecular weight excluding hydrogens is 338 g/mol. The summed E-state index contributed by atoms with van der Waals surface area (Å²) in [6, 6.07) is 10.5. The number of hydrogen-bond acceptors (Lipinski definition) is 3. The molecule has 0 aliphatic heterocycles. The van der Waals surface area contributed by atoms with Crippen LogP contribution >= 0.6 is 0 Å². The monoisotopic (exact) mass is 375 g/mol. The average Bonchev–Trinajstić information content (AvgIpc) is 2.66. The van der Waals surface area contributed by atoms with Crippen molar-refractivity contribution in [2.45, 2.75) is 33.7 Å². The number of hydrogen-bond donors (Lipinski definition) is 1. The third-order valence-corrected chi connectivity index (χ3v) is 4.44. The summed E-state index contributed by atoms with van der Waals surface area (Å²) in [6.45, 7) is 11.4. The van der Waals surface area contributed by atoms with E-state index in [-0.39, 0.29) is 5.91 Å². The molecule has 0 saturated carbocycles. The summed E-state index contributed by atoms with van der Waals surface area (Å²) >= 11 is 0. The van der Waals surface area contributed by atoms with Crippen molar-refractivity contribution in [3.05, 3.63) is 35.9 Å². The van der Waals surface area contributed by atoms with Crippen LogP contribution in [-0.4, -0.2) is 79.9 Å². The Labute approximate surface area is 165 Å². The Morgan fingerprint density at radius 1 is 1.07 bits per heavy atom. The van der Waals surface area contributed by atoms with Crippen molar-refractivity contribution in [2.75, 3.05) is 53.4 Å². The maximum absolute atomic E-state index is 12.3. The van der Waals surface area contributed by atoms with Crippen LogP contribution < -0.4 is 5.32 Å². The first kappa shape index (κ1) is 23.0. The molecule has 1 aromatic rings. The van der Waals surface area contributed by atoms with Crippen LogP contribution in [-0.2, 0) is 11.3 Å². The molecule has 1 amide bonds. The number of carbonyl (C=O) groups is 1. The lowest BCUT2D eigenvalue weighted by Gasteiger charge is -2.25. The highest BCUT2D eigenvalue weighted by Crippen LogP contribution is 2.03. The number of nitrogens with zero attached hydrogens (tertiary/aromatic N) is 4. The first-order valence-electron chi connectivity index (χ1n) is 10.0. The Morgan fingerprint density at radius 3 is 2.33 bits per heavy atom. The number of aliphatic imine (C=N–C) groups is 1. The Bertz CT molecular complexity index is 557. The van der Waals surface area contributed by atoms with Crippen LogP contribution in [0.3, 0.4) is 0 Å². The second-order valence-electron chi connectivity index (χ2n) is 6.73. The van der Waals surface area contributed by atoms with Crippen molar-refractivity contribution in [3.8, 4) is 0 Å². The molecule has 0 saturated heterocycles. The van der Waals surface area contributed by atoms with Gasteiger partial charge in [-0.3, -0.25) is 9.79 Å². The van der Waals surface area contributed by atoms with Gasteiger partial charge < -0.3 is 20.0 Å². The third-order valence-electron chi connectivity index (χ3n) is 4.44. The highest BCUT2D eigenvalue weighted by Gasteiger charge is 2.14. The van der Waals surface area contributed by atoms with E-state index in [2.05, 4.69) is 41.5 Å². The van der Waals surface area contributed by atoms with Crippen molar-refractivity contribution < 1.29 is 4.79 Å². The molecule has 0 unspecified atom stereocenters. The summed E-state index contributed by atoms with van der Waals surface area (Å²) in [7, 11) is 4.06. The second-order valence-corrected chi connectivity index (χ2v) is 6.73. The van der Waals surface area contributed by atoms with Gasteiger partial charge in [0.25, 0.3) is 0 Å². The zero-order valence-corrected chi connectivity index (χ0v) is 17.7. The van der Waals surface area contributed by atoms with Gasteiger partial charge >= 0.3 is 0 Å². The van der Waals surface area contributed by atoms with E-state index in [0.29, 0.717) is 6.54 Å². The smallest absolute Gasteiger partial charge is 0.242 e. The van der Waals surface area contributed by atoms with Crippen molar-refractivity contribution in [3.63, 3.8) is 0 Å². The van der Waals surface area contributed by atoms with Crippen LogP contribution in [0.1, 0.15) is 32.8 Å². The van der Waals surface area contributed by atoms with E-state index in [1.807, 2.05) is 43.7 Å². The SMILES string of the molecule is CCNC(=NCCCN(C)Cc1ccccc1)N(C)CC(=O)N(CC)CC. The van der Waals surface area contributed by atoms with Crippen molar-refractivity contribution >= 4 is 11.9 Å². The summed E-state index contributed by atoms with van der Waals surface area (Å²) in [6.07, 6.45) is 0.982. The molecule has 1 aromatic carbocycles. The Balaban J connectivity index is 2.46. The number of benzene rings is 1. The van der Waals surface area contributed by atoms with Gasteiger partial charge in [0.2, 0.25) is 5.91 Å². The first-order chi connectivity index (χ1) is 13.0. The van der Waals surface area contributed by atoms with E-state index < -0.39 is 0 Å². The van der Waals surface area contributed by atoms with E-state index in [0.717, 1.165) is 51.6 Å². The maximum Gasteiger partial charge on any atom is 0.242 e. The summed E-state index contributed by atoms with van der Waals surface area (Å²) in [5, 5.41) is 3.28. The molecule has 0 aliphatic rings. The molecule has 0 fully saturated rings. The minimum atomic E-state index is 0.135. The van der Waals surface area contributed by atoms with Crippen molar-refractivity contribution in [2.24, 2.45) is 4.99 Å². The number of guanidine groups is 1. The third kappa shape index (κ3) is 8.91. The minimum Gasteiger partial charge on any atom is -0.357 e. The summed E-state index contributed by atoms with van der Waals surface area (Å²) in [5.74, 6) is 0.930. The standard InChI is InChI=1S/C21H37N5O/c1-6-22-21(25(5)18-20(27)26(7-2)8-3)23-15-12-16-24(4)17-19-13-10-9-11-14-19/h9-11,13-14H,6-8,12,15-18H2,1-5H3,(H,22,23). The summed E-state index contributed by atoms with van der Waals surface area (Å²) < 4.78 is 0. The van der Waals surface area contributed by atoms with Crippen LogP contribution in [0.2, 0.25) is 0 Å². The largest absolute Gasteiger partial charge is 0.357 e. The van der Waals surface area contributed by atoms with E-state index in [9.17, 15) is 4.79 Å². The number of likely N-dealkylation sites (N-methyl/N-ethyl adjacent to an activating group) is 2. The van der Waals surface area contributed by atoms with E-state index >= 15 is 0 Å². The van der Waals surface area contributed by atoms with E-state index in [1.165, 1.54) is 5.56 Å². The number of rotatable bonds is 11. The van der Waals surface area contributed by atoms with Crippen LogP contribution in [0.15, 0.2) is 35.3 Å². The number of nitrogens with one attached hydrogen (secondary N) is 1. The van der Waals surface area contributed by atoms with E-state index in [1.54, 1.807) is 0 Å². The van der Waals surface area contributed by atoms with Crippen LogP contribution in [0.4, 0.5) is 0 Å². The summed E-state index contributed by atoms with van der Waals surface area (Å²) in [4.78, 5) is 23.1. The second kappa shape index (κ2) is 13.1. The molecule has 152 valence electrons. The average molecular weight is 376 g/mol. The molecule has 0 atom stereocenters. The molecule has 0 spiro atoms.